The molecule has 1 unspecified atom stereocenters. The van der Waals surface area contributed by atoms with Crippen LogP contribution in [0.2, 0.25) is 0 Å². The Morgan fingerprint density at radius 1 is 1.06 bits per heavy atom. The summed E-state index contributed by atoms with van der Waals surface area (Å²) in [5, 5.41) is 0.936. The minimum atomic E-state index is -0.214. The van der Waals surface area contributed by atoms with Crippen molar-refractivity contribution in [2.75, 3.05) is 32.8 Å². The molecule has 0 amide bonds. The molecule has 1 atom stereocenters. The van der Waals surface area contributed by atoms with Crippen LogP contribution in [-0.2, 0) is 11.8 Å². The molecule has 0 bridgehead atoms. The second-order valence-electron chi connectivity index (χ2n) is 9.54. The number of fused-ring (bicyclic) bond motifs is 3. The third-order valence-corrected chi connectivity index (χ3v) is 7.27. The third-order valence-electron chi connectivity index (χ3n) is 7.27. The predicted molar refractivity (Wildman–Crippen MR) is 136 cm³/mol. The minimum absolute atomic E-state index is 0.0761. The van der Waals surface area contributed by atoms with E-state index in [1.54, 1.807) is 22.4 Å². The Bertz CT molecular complexity index is 1400. The fraction of sp³-hybridized carbons (Fsp3) is 0.444. The Labute approximate surface area is 204 Å². The van der Waals surface area contributed by atoms with Crippen molar-refractivity contribution >= 4 is 21.9 Å². The van der Waals surface area contributed by atoms with Crippen LogP contribution in [0.3, 0.4) is 0 Å². The molecule has 2 saturated heterocycles. The predicted octanol–water partition coefficient (Wildman–Crippen LogP) is 4.12. The van der Waals surface area contributed by atoms with Crippen molar-refractivity contribution in [3.63, 3.8) is 0 Å². The maximum absolute atomic E-state index is 12.9. The summed E-state index contributed by atoms with van der Waals surface area (Å²) in [5.41, 5.74) is 4.47. The van der Waals surface area contributed by atoms with Gasteiger partial charge in [-0.25, -0.2) is 9.78 Å². The Morgan fingerprint density at radius 3 is 2.63 bits per heavy atom. The Morgan fingerprint density at radius 2 is 1.89 bits per heavy atom. The molecule has 6 rings (SSSR count). The number of benzene rings is 1. The summed E-state index contributed by atoms with van der Waals surface area (Å²) >= 11 is 0. The third kappa shape index (κ3) is 4.21. The first kappa shape index (κ1) is 22.2. The van der Waals surface area contributed by atoms with Gasteiger partial charge in [0.25, 0.3) is 0 Å². The van der Waals surface area contributed by atoms with Crippen LogP contribution in [0.1, 0.15) is 38.3 Å². The van der Waals surface area contributed by atoms with Crippen LogP contribution in [0.15, 0.2) is 47.5 Å². The number of aryl methyl sites for hydroxylation is 1. The topological polar surface area (TPSA) is 74.4 Å². The van der Waals surface area contributed by atoms with Gasteiger partial charge >= 0.3 is 5.69 Å². The number of rotatable bonds is 7. The van der Waals surface area contributed by atoms with E-state index in [2.05, 4.69) is 20.9 Å². The Balaban J connectivity index is 1.23. The summed E-state index contributed by atoms with van der Waals surface area (Å²) in [4.78, 5) is 24.6. The second-order valence-corrected chi connectivity index (χ2v) is 9.54. The molecule has 8 nitrogen and oxygen atoms in total. The van der Waals surface area contributed by atoms with Crippen LogP contribution in [0.4, 0.5) is 0 Å². The highest BCUT2D eigenvalue weighted by Gasteiger charge is 2.27. The first-order valence-electron chi connectivity index (χ1n) is 12.6. The lowest BCUT2D eigenvalue weighted by atomic mass is 10.0. The van der Waals surface area contributed by atoms with Gasteiger partial charge in [0.2, 0.25) is 5.88 Å². The molecule has 1 aromatic carbocycles. The molecule has 0 radical (unpaired) electrons. The molecule has 0 spiro atoms. The van der Waals surface area contributed by atoms with E-state index >= 15 is 0 Å². The highest BCUT2D eigenvalue weighted by Crippen LogP contribution is 2.32. The molecule has 3 aromatic heterocycles. The highest BCUT2D eigenvalue weighted by atomic mass is 16.5. The van der Waals surface area contributed by atoms with Crippen LogP contribution in [0.5, 0.6) is 5.88 Å². The highest BCUT2D eigenvalue weighted by molar-refractivity contribution is 6.04. The number of pyridine rings is 2. The van der Waals surface area contributed by atoms with Crippen molar-refractivity contribution < 1.29 is 9.47 Å². The van der Waals surface area contributed by atoms with Crippen molar-refractivity contribution in [1.82, 2.24) is 24.0 Å². The van der Waals surface area contributed by atoms with Crippen LogP contribution >= 0.6 is 0 Å². The lowest BCUT2D eigenvalue weighted by Gasteiger charge is -2.27. The van der Waals surface area contributed by atoms with Crippen LogP contribution in [0.25, 0.3) is 33.1 Å². The monoisotopic (exact) mass is 473 g/mol. The normalized spacial score (nSPS) is 18.7. The average Bonchev–Trinajstić information content (AvgIpc) is 3.12. The number of hydrogen-bond donors (Lipinski definition) is 0. The summed E-state index contributed by atoms with van der Waals surface area (Å²) in [5.74, 6) is 0.649. The van der Waals surface area contributed by atoms with Crippen molar-refractivity contribution in [3.8, 4) is 17.0 Å². The van der Waals surface area contributed by atoms with Gasteiger partial charge in [-0.3, -0.25) is 14.1 Å². The second kappa shape index (κ2) is 9.43. The van der Waals surface area contributed by atoms with E-state index < -0.39 is 0 Å². The summed E-state index contributed by atoms with van der Waals surface area (Å²) in [6, 6.07) is 10.1. The zero-order valence-electron chi connectivity index (χ0n) is 20.2. The van der Waals surface area contributed by atoms with Crippen molar-refractivity contribution in [2.24, 2.45) is 7.05 Å². The fourth-order valence-corrected chi connectivity index (χ4v) is 5.18. The van der Waals surface area contributed by atoms with Gasteiger partial charge in [0.05, 0.1) is 36.0 Å². The number of likely N-dealkylation sites (tertiary alicyclic amines) is 1. The molecule has 35 heavy (non-hydrogen) atoms. The molecule has 8 heteroatoms. The Hall–Kier alpha value is -3.23. The minimum Gasteiger partial charge on any atom is -0.478 e. The van der Waals surface area contributed by atoms with Gasteiger partial charge in [0.1, 0.15) is 6.23 Å². The van der Waals surface area contributed by atoms with E-state index in [9.17, 15) is 4.79 Å². The number of imidazole rings is 1. The molecule has 182 valence electrons. The summed E-state index contributed by atoms with van der Waals surface area (Å²) in [6.45, 7) is 4.88. The van der Waals surface area contributed by atoms with Gasteiger partial charge in [0.15, 0.2) is 0 Å². The summed E-state index contributed by atoms with van der Waals surface area (Å²) < 4.78 is 15.0. The smallest absolute Gasteiger partial charge is 0.331 e. The number of ether oxygens (including phenoxy) is 2. The number of aromatic nitrogens is 4. The number of hydrogen-bond acceptors (Lipinski definition) is 6. The summed E-state index contributed by atoms with van der Waals surface area (Å²) in [6.07, 6.45) is 9.25. The van der Waals surface area contributed by atoms with E-state index in [0.29, 0.717) is 19.1 Å². The fourth-order valence-electron chi connectivity index (χ4n) is 5.18. The van der Waals surface area contributed by atoms with Crippen molar-refractivity contribution in [2.45, 2.75) is 38.3 Å². The Kier molecular flexibility index (Phi) is 6.00. The molecule has 2 fully saturated rings. The molecular formula is C27H31N5O3. The van der Waals surface area contributed by atoms with E-state index in [0.717, 1.165) is 52.4 Å². The molecule has 4 aromatic rings. The van der Waals surface area contributed by atoms with Gasteiger partial charge < -0.3 is 14.4 Å². The lowest BCUT2D eigenvalue weighted by molar-refractivity contribution is -0.0989. The standard InChI is InChI=1S/C27H31N5O3/c1-30-23-18-28-22-8-6-19(16-21(22)26(23)32(27(30)33)25-10-15-35-25)20-7-9-24(29-17-20)34-14-5-13-31-11-3-2-4-12-31/h6-9,16-18,25H,2-5,10-15H2,1H3. The molecular weight excluding hydrogens is 442 g/mol. The van der Waals surface area contributed by atoms with E-state index in [4.69, 9.17) is 9.47 Å². The van der Waals surface area contributed by atoms with Crippen molar-refractivity contribution in [1.29, 1.82) is 0 Å². The van der Waals surface area contributed by atoms with Gasteiger partial charge in [0, 0.05) is 43.2 Å². The SMILES string of the molecule is Cn1c(=O)n(C2CCO2)c2c3cc(-c4ccc(OCCCN5CCCCC5)nc4)ccc3ncc21. The largest absolute Gasteiger partial charge is 0.478 e. The van der Waals surface area contributed by atoms with Gasteiger partial charge in [-0.15, -0.1) is 0 Å². The van der Waals surface area contributed by atoms with Crippen molar-refractivity contribution in [3.05, 3.63) is 53.2 Å². The van der Waals surface area contributed by atoms with E-state index in [-0.39, 0.29) is 11.9 Å². The van der Waals surface area contributed by atoms with Gasteiger partial charge in [-0.1, -0.05) is 12.5 Å². The molecule has 2 aliphatic rings. The van der Waals surface area contributed by atoms with Crippen LogP contribution in [0, 0.1) is 0 Å². The van der Waals surface area contributed by atoms with Gasteiger partial charge in [-0.2, -0.15) is 0 Å². The number of nitrogens with zero attached hydrogens (tertiary/aromatic N) is 5. The maximum Gasteiger partial charge on any atom is 0.331 e. The molecule has 2 aliphatic heterocycles. The van der Waals surface area contributed by atoms with Gasteiger partial charge in [-0.05, 0) is 56.1 Å². The molecule has 0 aliphatic carbocycles. The molecule has 5 heterocycles. The van der Waals surface area contributed by atoms with Crippen LogP contribution < -0.4 is 10.4 Å². The lowest BCUT2D eigenvalue weighted by Crippen LogP contribution is -2.33. The summed E-state index contributed by atoms with van der Waals surface area (Å²) in [7, 11) is 1.78. The zero-order valence-corrected chi connectivity index (χ0v) is 20.2. The van der Waals surface area contributed by atoms with Crippen LogP contribution in [-0.4, -0.2) is 56.9 Å². The first-order chi connectivity index (χ1) is 17.2. The molecule has 0 N–H and O–H groups in total. The van der Waals surface area contributed by atoms with E-state index in [1.807, 2.05) is 30.5 Å². The number of piperidine rings is 1. The zero-order chi connectivity index (χ0) is 23.8. The molecule has 0 saturated carbocycles. The maximum atomic E-state index is 12.9. The van der Waals surface area contributed by atoms with E-state index in [1.165, 1.54) is 32.4 Å². The first-order valence-corrected chi connectivity index (χ1v) is 12.6. The quantitative estimate of drug-likeness (QED) is 0.376. The average molecular weight is 474 g/mol.